The molecule has 162 valence electrons. The molecule has 0 radical (unpaired) electrons. The number of hydrogen-bond donors (Lipinski definition) is 1. The van der Waals surface area contributed by atoms with Crippen molar-refractivity contribution in [2.24, 2.45) is 5.73 Å². The second-order valence-electron chi connectivity index (χ2n) is 7.67. The first kappa shape index (κ1) is 22.2. The maximum Gasteiger partial charge on any atom is 0.311 e. The summed E-state index contributed by atoms with van der Waals surface area (Å²) in [4.78, 5) is 24.7. The first-order chi connectivity index (χ1) is 15.0. The topological polar surface area (TPSA) is 81.9 Å². The maximum absolute atomic E-state index is 12.0. The number of methoxy groups -OCH3 is 1. The van der Waals surface area contributed by atoms with Crippen molar-refractivity contribution in [3.05, 3.63) is 59.7 Å². The third kappa shape index (κ3) is 6.02. The molecule has 1 unspecified atom stereocenters. The number of benzene rings is 2. The van der Waals surface area contributed by atoms with Crippen molar-refractivity contribution in [2.75, 3.05) is 20.7 Å². The highest BCUT2D eigenvalue weighted by molar-refractivity contribution is 6.34. The van der Waals surface area contributed by atoms with Gasteiger partial charge in [-0.2, -0.15) is 0 Å². The Morgan fingerprint density at radius 2 is 1.84 bits per heavy atom. The summed E-state index contributed by atoms with van der Waals surface area (Å²) < 4.78 is 11.7. The summed E-state index contributed by atoms with van der Waals surface area (Å²) in [7, 11) is 3.16. The molecule has 31 heavy (non-hydrogen) atoms. The average Bonchev–Trinajstić information content (AvgIpc) is 3.29. The van der Waals surface area contributed by atoms with Crippen LogP contribution in [0, 0.1) is 11.8 Å². The van der Waals surface area contributed by atoms with Crippen molar-refractivity contribution in [2.45, 2.75) is 37.7 Å². The Bertz CT molecular complexity index is 972. The quantitative estimate of drug-likeness (QED) is 0.575. The Labute approximate surface area is 183 Å². The minimum atomic E-state index is -0.989. The Morgan fingerprint density at radius 1 is 1.13 bits per heavy atom. The lowest BCUT2D eigenvalue weighted by atomic mass is 9.97. The number of hydrogen-bond acceptors (Lipinski definition) is 4. The van der Waals surface area contributed by atoms with E-state index in [1.54, 1.807) is 14.2 Å². The third-order valence-corrected chi connectivity index (χ3v) is 5.36. The van der Waals surface area contributed by atoms with E-state index >= 15 is 0 Å². The van der Waals surface area contributed by atoms with Gasteiger partial charge in [-0.15, -0.1) is 0 Å². The van der Waals surface area contributed by atoms with Crippen LogP contribution in [-0.2, 0) is 9.59 Å². The number of ether oxygens (including phenoxy) is 2. The van der Waals surface area contributed by atoms with E-state index in [2.05, 4.69) is 11.8 Å². The van der Waals surface area contributed by atoms with E-state index in [4.69, 9.17) is 15.2 Å². The Hall–Kier alpha value is -3.46. The molecule has 2 aromatic rings. The number of nitrogens with zero attached hydrogens (tertiary/aromatic N) is 1. The summed E-state index contributed by atoms with van der Waals surface area (Å²) in [6.07, 6.45) is 4.56. The minimum Gasteiger partial charge on any atom is -0.493 e. The number of likely N-dealkylation sites (N-methyl/N-ethyl adjacent to an activating group) is 1. The van der Waals surface area contributed by atoms with E-state index < -0.39 is 11.8 Å². The molecule has 0 aliphatic heterocycles. The molecule has 0 bridgehead atoms. The van der Waals surface area contributed by atoms with Crippen molar-refractivity contribution in [3.8, 4) is 23.3 Å². The van der Waals surface area contributed by atoms with Crippen molar-refractivity contribution >= 4 is 11.8 Å². The Kier molecular flexibility index (Phi) is 7.55. The van der Waals surface area contributed by atoms with Crippen molar-refractivity contribution in [3.63, 3.8) is 0 Å². The molecule has 6 heteroatoms. The normalized spacial score (nSPS) is 14.3. The monoisotopic (exact) mass is 420 g/mol. The van der Waals surface area contributed by atoms with E-state index in [0.29, 0.717) is 11.5 Å². The SMILES string of the molecule is COc1ccc(C(C#Cc2ccccc2)CN(C)C(=O)C(N)=O)cc1OC1CCCC1. The zero-order valence-corrected chi connectivity index (χ0v) is 18.0. The number of nitrogens with two attached hydrogens (primary N) is 1. The van der Waals surface area contributed by atoms with Gasteiger partial charge in [0.05, 0.1) is 19.1 Å². The number of rotatable bonds is 6. The van der Waals surface area contributed by atoms with Gasteiger partial charge in [0.15, 0.2) is 11.5 Å². The van der Waals surface area contributed by atoms with Crippen molar-refractivity contribution in [1.29, 1.82) is 0 Å². The van der Waals surface area contributed by atoms with Crippen molar-refractivity contribution < 1.29 is 19.1 Å². The summed E-state index contributed by atoms with van der Waals surface area (Å²) >= 11 is 0. The fourth-order valence-electron chi connectivity index (χ4n) is 3.66. The summed E-state index contributed by atoms with van der Waals surface area (Å²) in [6, 6.07) is 15.3. The molecule has 6 nitrogen and oxygen atoms in total. The fraction of sp³-hybridized carbons (Fsp3) is 0.360. The number of carbonyl (C=O) groups is 2. The zero-order chi connectivity index (χ0) is 22.2. The highest BCUT2D eigenvalue weighted by Crippen LogP contribution is 2.34. The van der Waals surface area contributed by atoms with E-state index in [-0.39, 0.29) is 18.6 Å². The molecule has 2 N–H and O–H groups in total. The largest absolute Gasteiger partial charge is 0.493 e. The molecule has 1 atom stereocenters. The van der Waals surface area contributed by atoms with E-state index in [1.807, 2.05) is 48.5 Å². The Balaban J connectivity index is 1.92. The molecule has 1 aliphatic rings. The van der Waals surface area contributed by atoms with Crippen LogP contribution in [0.25, 0.3) is 0 Å². The Morgan fingerprint density at radius 3 is 2.48 bits per heavy atom. The van der Waals surface area contributed by atoms with Gasteiger partial charge in [0, 0.05) is 19.2 Å². The molecule has 1 aliphatic carbocycles. The first-order valence-electron chi connectivity index (χ1n) is 10.4. The molecule has 2 aromatic carbocycles. The summed E-state index contributed by atoms with van der Waals surface area (Å²) in [6.45, 7) is 0.219. The van der Waals surface area contributed by atoms with Gasteiger partial charge in [0.1, 0.15) is 0 Å². The van der Waals surface area contributed by atoms with Crippen LogP contribution >= 0.6 is 0 Å². The van der Waals surface area contributed by atoms with E-state index in [9.17, 15) is 9.59 Å². The van der Waals surface area contributed by atoms with Gasteiger partial charge in [0.25, 0.3) is 0 Å². The van der Waals surface area contributed by atoms with Gasteiger partial charge in [0.2, 0.25) is 0 Å². The predicted octanol–water partition coefficient (Wildman–Crippen LogP) is 3.10. The van der Waals surface area contributed by atoms with Gasteiger partial charge in [-0.1, -0.05) is 36.1 Å². The first-order valence-corrected chi connectivity index (χ1v) is 10.4. The second kappa shape index (κ2) is 10.5. The average molecular weight is 421 g/mol. The van der Waals surface area contributed by atoms with Crippen LogP contribution < -0.4 is 15.2 Å². The standard InChI is InChI=1S/C25H28N2O4/c1-27(25(29)24(26)28)17-20(13-12-18-8-4-3-5-9-18)19-14-15-22(30-2)23(16-19)31-21-10-6-7-11-21/h3-5,8-9,14-16,20-21H,6-7,10-11,17H2,1-2H3,(H2,26,28). The molecule has 0 aromatic heterocycles. The summed E-state index contributed by atoms with van der Waals surface area (Å²) in [5.41, 5.74) is 6.91. The lowest BCUT2D eigenvalue weighted by Gasteiger charge is -2.22. The van der Waals surface area contributed by atoms with Crippen LogP contribution in [-0.4, -0.2) is 43.5 Å². The van der Waals surface area contributed by atoms with Crippen molar-refractivity contribution in [1.82, 2.24) is 4.90 Å². The lowest BCUT2D eigenvalue weighted by molar-refractivity contribution is -0.143. The number of carbonyl (C=O) groups excluding carboxylic acids is 2. The highest BCUT2D eigenvalue weighted by Gasteiger charge is 2.22. The van der Waals surface area contributed by atoms with Gasteiger partial charge in [-0.25, -0.2) is 0 Å². The number of amides is 2. The fourth-order valence-corrected chi connectivity index (χ4v) is 3.66. The molecule has 0 heterocycles. The minimum absolute atomic E-state index is 0.178. The molecule has 0 saturated heterocycles. The number of primary amides is 1. The molecule has 0 spiro atoms. The maximum atomic E-state index is 12.0. The van der Waals surface area contributed by atoms with Crippen LogP contribution in [0.15, 0.2) is 48.5 Å². The summed E-state index contributed by atoms with van der Waals surface area (Å²) in [5, 5.41) is 0. The van der Waals surface area contributed by atoms with Gasteiger partial charge >= 0.3 is 11.8 Å². The highest BCUT2D eigenvalue weighted by atomic mass is 16.5. The van der Waals surface area contributed by atoms with E-state index in [1.165, 1.54) is 4.90 Å². The zero-order valence-electron chi connectivity index (χ0n) is 18.0. The van der Waals surface area contributed by atoms with Crippen LogP contribution in [0.2, 0.25) is 0 Å². The molecule has 3 rings (SSSR count). The van der Waals surface area contributed by atoms with Crippen LogP contribution in [0.1, 0.15) is 42.7 Å². The van der Waals surface area contributed by atoms with Gasteiger partial charge < -0.3 is 20.1 Å². The second-order valence-corrected chi connectivity index (χ2v) is 7.67. The predicted molar refractivity (Wildman–Crippen MR) is 119 cm³/mol. The molecule has 1 fully saturated rings. The molecular formula is C25H28N2O4. The lowest BCUT2D eigenvalue weighted by Crippen LogP contribution is -2.39. The smallest absolute Gasteiger partial charge is 0.311 e. The molecular weight excluding hydrogens is 392 g/mol. The van der Waals surface area contributed by atoms with E-state index in [0.717, 1.165) is 36.8 Å². The molecule has 1 saturated carbocycles. The van der Waals surface area contributed by atoms with Crippen LogP contribution in [0.3, 0.4) is 0 Å². The summed E-state index contributed by atoms with van der Waals surface area (Å²) in [5.74, 6) is 5.65. The van der Waals surface area contributed by atoms with Gasteiger partial charge in [-0.05, 0) is 55.5 Å². The van der Waals surface area contributed by atoms with Gasteiger partial charge in [-0.3, -0.25) is 9.59 Å². The molecule has 2 amide bonds. The van der Waals surface area contributed by atoms with Crippen LogP contribution in [0.4, 0.5) is 0 Å². The van der Waals surface area contributed by atoms with Crippen LogP contribution in [0.5, 0.6) is 11.5 Å². The third-order valence-electron chi connectivity index (χ3n) is 5.36.